The molecule has 18 heavy (non-hydrogen) atoms. The molecule has 0 spiro atoms. The maximum absolute atomic E-state index is 11.9. The Morgan fingerprint density at radius 1 is 1.17 bits per heavy atom. The fourth-order valence-corrected chi connectivity index (χ4v) is 3.39. The minimum Gasteiger partial charge on any atom is -0.350 e. The van der Waals surface area contributed by atoms with Crippen molar-refractivity contribution in [2.24, 2.45) is 11.8 Å². The molecular formula is C16H19NO. The van der Waals surface area contributed by atoms with E-state index in [4.69, 9.17) is 0 Å². The van der Waals surface area contributed by atoms with Crippen LogP contribution in [0.1, 0.15) is 31.2 Å². The van der Waals surface area contributed by atoms with Crippen LogP contribution in [0.3, 0.4) is 0 Å². The summed E-state index contributed by atoms with van der Waals surface area (Å²) in [7, 11) is 0. The molecule has 2 saturated carbocycles. The van der Waals surface area contributed by atoms with Gasteiger partial charge in [-0.2, -0.15) is 0 Å². The van der Waals surface area contributed by atoms with E-state index < -0.39 is 0 Å². The summed E-state index contributed by atoms with van der Waals surface area (Å²) in [6.45, 7) is 0. The third-order valence-electron chi connectivity index (χ3n) is 4.29. The molecule has 3 rings (SSSR count). The average Bonchev–Trinajstić information content (AvgIpc) is 3.00. The number of hydrogen-bond acceptors (Lipinski definition) is 1. The summed E-state index contributed by atoms with van der Waals surface area (Å²) in [5.41, 5.74) is 1.07. The van der Waals surface area contributed by atoms with E-state index in [-0.39, 0.29) is 5.91 Å². The van der Waals surface area contributed by atoms with Crippen LogP contribution in [0.4, 0.5) is 0 Å². The van der Waals surface area contributed by atoms with Gasteiger partial charge in [-0.05, 0) is 42.7 Å². The molecule has 1 aromatic rings. The maximum atomic E-state index is 11.9. The van der Waals surface area contributed by atoms with Crippen LogP contribution >= 0.6 is 0 Å². The lowest BCUT2D eigenvalue weighted by atomic mass is 9.95. The Balaban J connectivity index is 1.55. The smallest absolute Gasteiger partial charge is 0.244 e. The van der Waals surface area contributed by atoms with E-state index in [9.17, 15) is 4.79 Å². The number of carbonyl (C=O) groups is 1. The molecule has 2 bridgehead atoms. The molecule has 1 N–H and O–H groups in total. The van der Waals surface area contributed by atoms with Crippen molar-refractivity contribution in [1.82, 2.24) is 5.32 Å². The van der Waals surface area contributed by atoms with Gasteiger partial charge in [-0.15, -0.1) is 0 Å². The van der Waals surface area contributed by atoms with E-state index in [0.29, 0.717) is 6.04 Å². The fourth-order valence-electron chi connectivity index (χ4n) is 3.39. The molecule has 0 aliphatic heterocycles. The van der Waals surface area contributed by atoms with Crippen LogP contribution in [0.2, 0.25) is 0 Å². The molecular weight excluding hydrogens is 222 g/mol. The summed E-state index contributed by atoms with van der Waals surface area (Å²) in [5, 5.41) is 3.15. The molecule has 1 amide bonds. The van der Waals surface area contributed by atoms with Crippen molar-refractivity contribution >= 4 is 12.0 Å². The Bertz CT molecular complexity index is 451. The van der Waals surface area contributed by atoms with Crippen LogP contribution in [0.5, 0.6) is 0 Å². The Hall–Kier alpha value is -1.57. The molecule has 2 heteroatoms. The molecule has 3 atom stereocenters. The van der Waals surface area contributed by atoms with Gasteiger partial charge < -0.3 is 5.32 Å². The minimum absolute atomic E-state index is 0.0522. The van der Waals surface area contributed by atoms with Crippen molar-refractivity contribution in [2.75, 3.05) is 0 Å². The topological polar surface area (TPSA) is 29.1 Å². The number of fused-ring (bicyclic) bond motifs is 2. The molecule has 1 unspecified atom stereocenters. The second kappa shape index (κ2) is 4.97. The second-order valence-electron chi connectivity index (χ2n) is 5.53. The third-order valence-corrected chi connectivity index (χ3v) is 4.29. The van der Waals surface area contributed by atoms with Gasteiger partial charge in [0, 0.05) is 12.1 Å². The number of carbonyl (C=O) groups excluding carboxylic acids is 1. The zero-order chi connectivity index (χ0) is 12.4. The molecule has 2 aliphatic rings. The number of rotatable bonds is 3. The highest BCUT2D eigenvalue weighted by molar-refractivity contribution is 5.91. The van der Waals surface area contributed by atoms with Gasteiger partial charge in [-0.1, -0.05) is 36.8 Å². The fraction of sp³-hybridized carbons (Fsp3) is 0.438. The number of amides is 1. The van der Waals surface area contributed by atoms with Crippen molar-refractivity contribution in [1.29, 1.82) is 0 Å². The van der Waals surface area contributed by atoms with E-state index >= 15 is 0 Å². The van der Waals surface area contributed by atoms with Gasteiger partial charge in [0.15, 0.2) is 0 Å². The first kappa shape index (κ1) is 11.5. The largest absolute Gasteiger partial charge is 0.350 e. The highest BCUT2D eigenvalue weighted by Gasteiger charge is 2.39. The third kappa shape index (κ3) is 2.47. The van der Waals surface area contributed by atoms with Gasteiger partial charge in [-0.25, -0.2) is 0 Å². The molecule has 2 aliphatic carbocycles. The van der Waals surface area contributed by atoms with Crippen molar-refractivity contribution in [3.63, 3.8) is 0 Å². The Morgan fingerprint density at radius 3 is 2.67 bits per heavy atom. The van der Waals surface area contributed by atoms with Crippen LogP contribution in [0, 0.1) is 11.8 Å². The number of hydrogen-bond donors (Lipinski definition) is 1. The van der Waals surface area contributed by atoms with E-state index in [1.807, 2.05) is 36.4 Å². The lowest BCUT2D eigenvalue weighted by Gasteiger charge is -2.22. The highest BCUT2D eigenvalue weighted by Crippen LogP contribution is 2.44. The predicted molar refractivity (Wildman–Crippen MR) is 72.9 cm³/mol. The molecule has 2 fully saturated rings. The van der Waals surface area contributed by atoms with Crippen molar-refractivity contribution in [2.45, 2.75) is 31.7 Å². The second-order valence-corrected chi connectivity index (χ2v) is 5.53. The summed E-state index contributed by atoms with van der Waals surface area (Å²) >= 11 is 0. The average molecular weight is 241 g/mol. The van der Waals surface area contributed by atoms with Gasteiger partial charge in [-0.3, -0.25) is 4.79 Å². The monoisotopic (exact) mass is 241 g/mol. The van der Waals surface area contributed by atoms with Gasteiger partial charge in [0.1, 0.15) is 0 Å². The van der Waals surface area contributed by atoms with Crippen LogP contribution in [-0.2, 0) is 4.79 Å². The first-order valence-electron chi connectivity index (χ1n) is 6.85. The van der Waals surface area contributed by atoms with Crippen LogP contribution < -0.4 is 5.32 Å². The molecule has 1 aromatic carbocycles. The summed E-state index contributed by atoms with van der Waals surface area (Å²) in [6.07, 6.45) is 8.72. The van der Waals surface area contributed by atoms with E-state index in [0.717, 1.165) is 17.4 Å². The Labute approximate surface area is 108 Å². The number of nitrogens with one attached hydrogen (secondary N) is 1. The lowest BCUT2D eigenvalue weighted by molar-refractivity contribution is -0.117. The van der Waals surface area contributed by atoms with Crippen LogP contribution in [0.15, 0.2) is 36.4 Å². The molecule has 0 radical (unpaired) electrons. The summed E-state index contributed by atoms with van der Waals surface area (Å²) < 4.78 is 0. The van der Waals surface area contributed by atoms with Gasteiger partial charge in [0.2, 0.25) is 5.91 Å². The Kier molecular flexibility index (Phi) is 3.18. The van der Waals surface area contributed by atoms with Gasteiger partial charge in [0.25, 0.3) is 0 Å². The maximum Gasteiger partial charge on any atom is 0.244 e. The lowest BCUT2D eigenvalue weighted by Crippen LogP contribution is -2.37. The SMILES string of the molecule is O=C(/C=C/c1ccccc1)NC1C[C@@H]2CC[C@H]1C2. The quantitative estimate of drug-likeness (QED) is 0.810. The van der Waals surface area contributed by atoms with Crippen molar-refractivity contribution in [3.05, 3.63) is 42.0 Å². The first-order chi connectivity index (χ1) is 8.81. The van der Waals surface area contributed by atoms with Crippen LogP contribution in [-0.4, -0.2) is 11.9 Å². The van der Waals surface area contributed by atoms with Gasteiger partial charge in [0.05, 0.1) is 0 Å². The van der Waals surface area contributed by atoms with Crippen molar-refractivity contribution < 1.29 is 4.79 Å². The zero-order valence-corrected chi connectivity index (χ0v) is 10.5. The first-order valence-corrected chi connectivity index (χ1v) is 6.85. The molecule has 0 aromatic heterocycles. The predicted octanol–water partition coefficient (Wildman–Crippen LogP) is 3.00. The Morgan fingerprint density at radius 2 is 2.00 bits per heavy atom. The van der Waals surface area contributed by atoms with Crippen LogP contribution in [0.25, 0.3) is 6.08 Å². The van der Waals surface area contributed by atoms with Gasteiger partial charge >= 0.3 is 0 Å². The molecule has 94 valence electrons. The highest BCUT2D eigenvalue weighted by atomic mass is 16.1. The molecule has 0 heterocycles. The summed E-state index contributed by atoms with van der Waals surface area (Å²) in [5.74, 6) is 1.67. The normalized spacial score (nSPS) is 29.9. The number of benzene rings is 1. The van der Waals surface area contributed by atoms with Crippen molar-refractivity contribution in [3.8, 4) is 0 Å². The summed E-state index contributed by atoms with van der Waals surface area (Å²) in [4.78, 5) is 11.9. The molecule has 2 nitrogen and oxygen atoms in total. The zero-order valence-electron chi connectivity index (χ0n) is 10.5. The van der Waals surface area contributed by atoms with E-state index in [2.05, 4.69) is 5.32 Å². The minimum atomic E-state index is 0.0522. The molecule has 0 saturated heterocycles. The summed E-state index contributed by atoms with van der Waals surface area (Å²) in [6, 6.07) is 10.4. The van der Waals surface area contributed by atoms with E-state index in [1.54, 1.807) is 6.08 Å². The van der Waals surface area contributed by atoms with E-state index in [1.165, 1.54) is 25.7 Å². The standard InChI is InChI=1S/C16H19NO/c18-16(9-7-12-4-2-1-3-5-12)17-15-11-13-6-8-14(15)10-13/h1-5,7,9,13-15H,6,8,10-11H2,(H,17,18)/b9-7+/t13-,14+,15?/m1/s1.